The standard InChI is InChI=1S/C27H25BrN6O3S/c1-3-32-21-12-11-18(15-22(21)33(4-2)27(32)37)29-24(36)16-38-26-31-30-25(20-14-17(28)10-13-23(20)35)34(26)19-8-6-5-7-9-19/h5-15,35H,3-4,16H2,1-2H3,(H,29,36). The molecule has 2 heterocycles. The van der Waals surface area contributed by atoms with Crippen LogP contribution < -0.4 is 11.0 Å². The number of hydrogen-bond acceptors (Lipinski definition) is 6. The molecule has 0 aliphatic carbocycles. The predicted molar refractivity (Wildman–Crippen MR) is 153 cm³/mol. The third-order valence-electron chi connectivity index (χ3n) is 6.11. The summed E-state index contributed by atoms with van der Waals surface area (Å²) in [5, 5.41) is 22.6. The monoisotopic (exact) mass is 592 g/mol. The second-order valence-corrected chi connectivity index (χ2v) is 10.3. The van der Waals surface area contributed by atoms with Gasteiger partial charge in [0.1, 0.15) is 5.75 Å². The average Bonchev–Trinajstić information content (AvgIpc) is 3.46. The van der Waals surface area contributed by atoms with Gasteiger partial charge in [0.15, 0.2) is 11.0 Å². The summed E-state index contributed by atoms with van der Waals surface area (Å²) < 4.78 is 6.03. The van der Waals surface area contributed by atoms with E-state index in [0.29, 0.717) is 35.3 Å². The van der Waals surface area contributed by atoms with E-state index in [-0.39, 0.29) is 23.1 Å². The number of benzene rings is 3. The number of amides is 1. The van der Waals surface area contributed by atoms with Crippen LogP contribution in [0.2, 0.25) is 0 Å². The van der Waals surface area contributed by atoms with E-state index in [1.54, 1.807) is 33.4 Å². The van der Waals surface area contributed by atoms with Crippen molar-refractivity contribution < 1.29 is 9.90 Å². The van der Waals surface area contributed by atoms with Crippen LogP contribution in [0.15, 0.2) is 81.2 Å². The first-order chi connectivity index (χ1) is 18.4. The summed E-state index contributed by atoms with van der Waals surface area (Å²) in [4.78, 5) is 25.6. The van der Waals surface area contributed by atoms with Crippen molar-refractivity contribution in [3.8, 4) is 22.8 Å². The molecule has 0 atom stereocenters. The topological polar surface area (TPSA) is 107 Å². The van der Waals surface area contributed by atoms with Crippen molar-refractivity contribution in [2.45, 2.75) is 32.1 Å². The number of fused-ring (bicyclic) bond motifs is 1. The lowest BCUT2D eigenvalue weighted by atomic mass is 10.2. The third-order valence-corrected chi connectivity index (χ3v) is 7.54. The van der Waals surface area contributed by atoms with Crippen LogP contribution in [0.3, 0.4) is 0 Å². The molecule has 0 aliphatic heterocycles. The Labute approximate surface area is 231 Å². The number of carbonyl (C=O) groups excluding carboxylic acids is 1. The van der Waals surface area contributed by atoms with Gasteiger partial charge in [0, 0.05) is 28.9 Å². The summed E-state index contributed by atoms with van der Waals surface area (Å²) >= 11 is 4.69. The molecule has 11 heteroatoms. The third kappa shape index (κ3) is 4.86. The van der Waals surface area contributed by atoms with Crippen molar-refractivity contribution in [3.05, 3.63) is 81.7 Å². The van der Waals surface area contributed by atoms with E-state index in [1.807, 2.05) is 60.9 Å². The fourth-order valence-corrected chi connectivity index (χ4v) is 5.48. The zero-order valence-corrected chi connectivity index (χ0v) is 23.2. The van der Waals surface area contributed by atoms with Crippen molar-refractivity contribution in [3.63, 3.8) is 0 Å². The number of halogens is 1. The van der Waals surface area contributed by atoms with Crippen LogP contribution in [0.5, 0.6) is 5.75 Å². The zero-order valence-electron chi connectivity index (χ0n) is 20.8. The molecule has 0 radical (unpaired) electrons. The van der Waals surface area contributed by atoms with E-state index in [1.165, 1.54) is 11.8 Å². The van der Waals surface area contributed by atoms with Crippen LogP contribution in [-0.4, -0.2) is 40.7 Å². The van der Waals surface area contributed by atoms with Gasteiger partial charge in [-0.2, -0.15) is 0 Å². The predicted octanol–water partition coefficient (Wildman–Crippen LogP) is 5.29. The molecule has 9 nitrogen and oxygen atoms in total. The molecule has 5 rings (SSSR count). The summed E-state index contributed by atoms with van der Waals surface area (Å²) in [6, 6.07) is 20.1. The highest BCUT2D eigenvalue weighted by molar-refractivity contribution is 9.10. The number of phenolic OH excluding ortho intramolecular Hbond substituents is 1. The molecule has 0 saturated carbocycles. The fraction of sp³-hybridized carbons (Fsp3) is 0.185. The largest absolute Gasteiger partial charge is 0.507 e. The van der Waals surface area contributed by atoms with E-state index >= 15 is 0 Å². The lowest BCUT2D eigenvalue weighted by molar-refractivity contribution is -0.113. The van der Waals surface area contributed by atoms with Gasteiger partial charge in [-0.25, -0.2) is 4.79 Å². The Kier molecular flexibility index (Phi) is 7.39. The van der Waals surface area contributed by atoms with Crippen molar-refractivity contribution in [2.24, 2.45) is 0 Å². The number of thioether (sulfide) groups is 1. The van der Waals surface area contributed by atoms with Crippen LogP contribution in [0, 0.1) is 0 Å². The van der Waals surface area contributed by atoms with E-state index in [0.717, 1.165) is 21.2 Å². The molecule has 3 aromatic carbocycles. The molecule has 2 N–H and O–H groups in total. The summed E-state index contributed by atoms with van der Waals surface area (Å²) in [5.74, 6) is 0.403. The zero-order chi connectivity index (χ0) is 26.8. The first-order valence-electron chi connectivity index (χ1n) is 12.1. The number of phenols is 1. The molecule has 0 spiro atoms. The lowest BCUT2D eigenvalue weighted by Crippen LogP contribution is -2.23. The van der Waals surface area contributed by atoms with E-state index < -0.39 is 0 Å². The van der Waals surface area contributed by atoms with Gasteiger partial charge in [0.25, 0.3) is 0 Å². The van der Waals surface area contributed by atoms with Crippen molar-refractivity contribution >= 4 is 50.3 Å². The highest BCUT2D eigenvalue weighted by Gasteiger charge is 2.20. The summed E-state index contributed by atoms with van der Waals surface area (Å²) in [5.41, 5.74) is 3.50. The summed E-state index contributed by atoms with van der Waals surface area (Å²) in [6.45, 7) is 4.98. The Balaban J connectivity index is 1.40. The molecule has 0 aliphatic rings. The Morgan fingerprint density at radius 3 is 2.45 bits per heavy atom. The number of rotatable bonds is 8. The van der Waals surface area contributed by atoms with Crippen molar-refractivity contribution in [1.29, 1.82) is 0 Å². The normalized spacial score (nSPS) is 11.2. The Hall–Kier alpha value is -3.83. The number of aromatic hydroxyl groups is 1. The van der Waals surface area contributed by atoms with Crippen LogP contribution in [-0.2, 0) is 17.9 Å². The number of hydrogen-bond donors (Lipinski definition) is 2. The number of aromatic nitrogens is 5. The van der Waals surface area contributed by atoms with Gasteiger partial charge in [0.2, 0.25) is 5.91 Å². The minimum absolute atomic E-state index is 0.0587. The van der Waals surface area contributed by atoms with Gasteiger partial charge < -0.3 is 10.4 Å². The molecular weight excluding hydrogens is 568 g/mol. The lowest BCUT2D eigenvalue weighted by Gasteiger charge is -2.11. The second-order valence-electron chi connectivity index (χ2n) is 8.45. The van der Waals surface area contributed by atoms with Gasteiger partial charge >= 0.3 is 5.69 Å². The van der Waals surface area contributed by atoms with Crippen LogP contribution in [0.1, 0.15) is 13.8 Å². The maximum Gasteiger partial charge on any atom is 0.329 e. The minimum atomic E-state index is -0.218. The number of aryl methyl sites for hydroxylation is 2. The Bertz CT molecular complexity index is 1690. The molecule has 0 saturated heterocycles. The molecule has 38 heavy (non-hydrogen) atoms. The van der Waals surface area contributed by atoms with Crippen LogP contribution in [0.25, 0.3) is 28.1 Å². The van der Waals surface area contributed by atoms with Gasteiger partial charge in [-0.3, -0.25) is 18.5 Å². The van der Waals surface area contributed by atoms with E-state index in [4.69, 9.17) is 0 Å². The smallest absolute Gasteiger partial charge is 0.329 e. The maximum absolute atomic E-state index is 12.9. The summed E-state index contributed by atoms with van der Waals surface area (Å²) in [6.07, 6.45) is 0. The first kappa shape index (κ1) is 25.8. The molecule has 5 aromatic rings. The van der Waals surface area contributed by atoms with Gasteiger partial charge in [-0.1, -0.05) is 45.9 Å². The maximum atomic E-state index is 12.9. The van der Waals surface area contributed by atoms with Gasteiger partial charge in [-0.15, -0.1) is 10.2 Å². The van der Waals surface area contributed by atoms with E-state index in [9.17, 15) is 14.7 Å². The van der Waals surface area contributed by atoms with Gasteiger partial charge in [-0.05, 0) is 62.4 Å². The molecule has 0 bridgehead atoms. The van der Waals surface area contributed by atoms with Crippen molar-refractivity contribution in [2.75, 3.05) is 11.1 Å². The van der Waals surface area contributed by atoms with Gasteiger partial charge in [0.05, 0.1) is 22.3 Å². The highest BCUT2D eigenvalue weighted by atomic mass is 79.9. The highest BCUT2D eigenvalue weighted by Crippen LogP contribution is 2.34. The average molecular weight is 594 g/mol. The fourth-order valence-electron chi connectivity index (χ4n) is 4.37. The number of carbonyl (C=O) groups is 1. The quantitative estimate of drug-likeness (QED) is 0.237. The number of nitrogens with one attached hydrogen (secondary N) is 1. The molecule has 0 unspecified atom stereocenters. The minimum Gasteiger partial charge on any atom is -0.507 e. The molecule has 2 aromatic heterocycles. The number of para-hydroxylation sites is 1. The molecular formula is C27H25BrN6O3S. The SMILES string of the molecule is CCn1c(=O)n(CC)c2cc(NC(=O)CSc3nnc(-c4cc(Br)ccc4O)n3-c3ccccc3)ccc21. The molecule has 194 valence electrons. The summed E-state index contributed by atoms with van der Waals surface area (Å²) in [7, 11) is 0. The second kappa shape index (κ2) is 10.9. The molecule has 0 fully saturated rings. The Morgan fingerprint density at radius 1 is 0.974 bits per heavy atom. The molecule has 1 amide bonds. The number of nitrogens with zero attached hydrogens (tertiary/aromatic N) is 5. The first-order valence-corrected chi connectivity index (χ1v) is 13.8. The number of anilines is 1. The van der Waals surface area contributed by atoms with E-state index in [2.05, 4.69) is 31.4 Å². The van der Waals surface area contributed by atoms with Crippen LogP contribution in [0.4, 0.5) is 5.69 Å². The number of imidazole rings is 1. The Morgan fingerprint density at radius 2 is 1.71 bits per heavy atom. The van der Waals surface area contributed by atoms with Crippen molar-refractivity contribution in [1.82, 2.24) is 23.9 Å². The van der Waals surface area contributed by atoms with Crippen LogP contribution >= 0.6 is 27.7 Å².